The monoisotopic (exact) mass is 518 g/mol. The van der Waals surface area contributed by atoms with Crippen LogP contribution in [0.5, 0.6) is 11.5 Å². The molecule has 0 radical (unpaired) electrons. The molecule has 1 heterocycles. The zero-order valence-corrected chi connectivity index (χ0v) is 21.1. The lowest BCUT2D eigenvalue weighted by atomic mass is 10.1. The van der Waals surface area contributed by atoms with Crippen molar-refractivity contribution in [2.75, 3.05) is 13.2 Å². The number of amides is 2. The van der Waals surface area contributed by atoms with Crippen LogP contribution in [0.4, 0.5) is 10.5 Å². The second kappa shape index (κ2) is 12.2. The number of nitro groups is 1. The number of hydrogen-bond donors (Lipinski definition) is 0. The van der Waals surface area contributed by atoms with Crippen LogP contribution >= 0.6 is 11.8 Å². The molecule has 4 rings (SSSR count). The molecule has 0 spiro atoms. The lowest BCUT2D eigenvalue weighted by Gasteiger charge is -2.13. The molecule has 1 saturated heterocycles. The molecule has 0 saturated carbocycles. The van der Waals surface area contributed by atoms with Gasteiger partial charge in [0.25, 0.3) is 16.8 Å². The third-order valence-electron chi connectivity index (χ3n) is 5.67. The van der Waals surface area contributed by atoms with E-state index in [-0.39, 0.29) is 23.4 Å². The van der Waals surface area contributed by atoms with Gasteiger partial charge in [-0.25, -0.2) is 0 Å². The number of ether oxygens (including phenoxy) is 2. The zero-order valence-electron chi connectivity index (χ0n) is 20.3. The quantitative estimate of drug-likeness (QED) is 0.168. The van der Waals surface area contributed by atoms with Gasteiger partial charge in [0.05, 0.1) is 16.4 Å². The average molecular weight is 519 g/mol. The van der Waals surface area contributed by atoms with Crippen molar-refractivity contribution in [3.63, 3.8) is 0 Å². The van der Waals surface area contributed by atoms with Gasteiger partial charge in [0.2, 0.25) is 0 Å². The van der Waals surface area contributed by atoms with Gasteiger partial charge in [-0.3, -0.25) is 24.6 Å². The molecule has 8 nitrogen and oxygen atoms in total. The Bertz CT molecular complexity index is 1310. The van der Waals surface area contributed by atoms with Gasteiger partial charge in [-0.2, -0.15) is 0 Å². The van der Waals surface area contributed by atoms with Crippen molar-refractivity contribution in [1.82, 2.24) is 4.90 Å². The molecule has 0 aromatic heterocycles. The molecule has 0 atom stereocenters. The molecule has 0 aliphatic carbocycles. The number of non-ortho nitro benzene ring substituents is 1. The van der Waals surface area contributed by atoms with Crippen LogP contribution in [0.1, 0.15) is 30.0 Å². The van der Waals surface area contributed by atoms with Gasteiger partial charge >= 0.3 is 0 Å². The lowest BCUT2D eigenvalue weighted by molar-refractivity contribution is -0.384. The third kappa shape index (κ3) is 6.77. The first-order valence-electron chi connectivity index (χ1n) is 11.9. The Kier molecular flexibility index (Phi) is 8.58. The first-order chi connectivity index (χ1) is 17.9. The summed E-state index contributed by atoms with van der Waals surface area (Å²) in [6.07, 6.45) is 3.18. The number of thioether (sulfide) groups is 1. The summed E-state index contributed by atoms with van der Waals surface area (Å²) in [5.74, 6) is 0.714. The summed E-state index contributed by atoms with van der Waals surface area (Å²) < 4.78 is 11.6. The van der Waals surface area contributed by atoms with Crippen molar-refractivity contribution >= 4 is 34.7 Å². The summed E-state index contributed by atoms with van der Waals surface area (Å²) in [6.45, 7) is 2.85. The van der Waals surface area contributed by atoms with Crippen LogP contribution in [0.25, 0.3) is 6.08 Å². The number of imide groups is 1. The minimum Gasteiger partial charge on any atom is -0.490 e. The molecule has 0 N–H and O–H groups in total. The molecule has 1 fully saturated rings. The van der Waals surface area contributed by atoms with Gasteiger partial charge in [0.15, 0.2) is 11.5 Å². The maximum absolute atomic E-state index is 12.9. The normalized spacial score (nSPS) is 14.3. The number of carbonyl (C=O) groups excluding carboxylic acids is 2. The van der Waals surface area contributed by atoms with Crippen molar-refractivity contribution in [3.05, 3.63) is 105 Å². The summed E-state index contributed by atoms with van der Waals surface area (Å²) in [5.41, 5.74) is 2.67. The minimum atomic E-state index is -0.448. The first-order valence-corrected chi connectivity index (χ1v) is 12.7. The highest BCUT2D eigenvalue weighted by Gasteiger charge is 2.34. The number of hydrogen-bond acceptors (Lipinski definition) is 7. The van der Waals surface area contributed by atoms with Crippen LogP contribution < -0.4 is 9.47 Å². The van der Waals surface area contributed by atoms with Crippen molar-refractivity contribution in [1.29, 1.82) is 0 Å². The molecule has 2 amide bonds. The van der Waals surface area contributed by atoms with E-state index in [1.807, 2.05) is 37.3 Å². The van der Waals surface area contributed by atoms with E-state index in [1.165, 1.54) is 22.6 Å². The van der Waals surface area contributed by atoms with Gasteiger partial charge in [0, 0.05) is 18.7 Å². The van der Waals surface area contributed by atoms with E-state index >= 15 is 0 Å². The summed E-state index contributed by atoms with van der Waals surface area (Å²) in [6, 6.07) is 21.4. The van der Waals surface area contributed by atoms with E-state index in [0.717, 1.165) is 23.7 Å². The molecule has 1 aliphatic heterocycles. The standard InChI is InChI=1S/C28H26N2O6S/c1-2-35-25-17-22(12-15-24(25)36-19-21-10-13-23(14-11-21)30(33)34)18-26-27(31)29(28(32)37-26)16-6-9-20-7-4-3-5-8-20/h3-5,7-8,10-15,17-18H,2,6,9,16,19H2,1H3/b26-18+. The molecule has 37 heavy (non-hydrogen) atoms. The van der Waals surface area contributed by atoms with Crippen LogP contribution in [0.2, 0.25) is 0 Å². The maximum atomic E-state index is 12.9. The smallest absolute Gasteiger partial charge is 0.293 e. The Labute approximate surface area is 219 Å². The second-order valence-corrected chi connectivity index (χ2v) is 9.27. The largest absolute Gasteiger partial charge is 0.490 e. The minimum absolute atomic E-state index is 0.0173. The maximum Gasteiger partial charge on any atom is 0.293 e. The van der Waals surface area contributed by atoms with Crippen LogP contribution in [0.3, 0.4) is 0 Å². The molecule has 0 unspecified atom stereocenters. The summed E-state index contributed by atoms with van der Waals surface area (Å²) in [7, 11) is 0. The van der Waals surface area contributed by atoms with Crippen molar-refractivity contribution < 1.29 is 24.0 Å². The Hall–Kier alpha value is -4.11. The van der Waals surface area contributed by atoms with E-state index in [4.69, 9.17) is 9.47 Å². The fraction of sp³-hybridized carbons (Fsp3) is 0.214. The average Bonchev–Trinajstić information content (AvgIpc) is 3.16. The second-order valence-electron chi connectivity index (χ2n) is 8.27. The van der Waals surface area contributed by atoms with Crippen LogP contribution in [-0.4, -0.2) is 34.1 Å². The highest BCUT2D eigenvalue weighted by molar-refractivity contribution is 8.18. The molecule has 9 heteroatoms. The van der Waals surface area contributed by atoms with Crippen LogP contribution in [-0.2, 0) is 17.8 Å². The Morgan fingerprint density at radius 2 is 1.70 bits per heavy atom. The van der Waals surface area contributed by atoms with E-state index in [2.05, 4.69) is 0 Å². The zero-order chi connectivity index (χ0) is 26.2. The van der Waals surface area contributed by atoms with Gasteiger partial charge in [-0.1, -0.05) is 36.4 Å². The van der Waals surface area contributed by atoms with Crippen molar-refractivity contribution in [2.45, 2.75) is 26.4 Å². The highest BCUT2D eigenvalue weighted by Crippen LogP contribution is 2.35. The summed E-state index contributed by atoms with van der Waals surface area (Å²) in [5, 5.41) is 10.6. The van der Waals surface area contributed by atoms with Crippen LogP contribution in [0.15, 0.2) is 77.7 Å². The number of aryl methyl sites for hydroxylation is 1. The highest BCUT2D eigenvalue weighted by atomic mass is 32.2. The Morgan fingerprint density at radius 3 is 2.41 bits per heavy atom. The number of carbonyl (C=O) groups is 2. The topological polar surface area (TPSA) is 99.0 Å². The molecule has 1 aliphatic rings. The number of nitrogens with zero attached hydrogens (tertiary/aromatic N) is 2. The fourth-order valence-electron chi connectivity index (χ4n) is 3.81. The number of benzene rings is 3. The molecule has 190 valence electrons. The van der Waals surface area contributed by atoms with E-state index < -0.39 is 4.92 Å². The SMILES string of the molecule is CCOc1cc(/C=C2/SC(=O)N(CCCc3ccccc3)C2=O)ccc1OCc1ccc([N+](=O)[O-])cc1. The van der Waals surface area contributed by atoms with E-state index in [1.54, 1.807) is 36.4 Å². The van der Waals surface area contributed by atoms with Gasteiger partial charge in [-0.15, -0.1) is 0 Å². The molecule has 0 bridgehead atoms. The van der Waals surface area contributed by atoms with Gasteiger partial charge in [-0.05, 0) is 78.6 Å². The molecule has 3 aromatic carbocycles. The van der Waals surface area contributed by atoms with E-state index in [9.17, 15) is 19.7 Å². The number of nitro benzene ring substituents is 1. The lowest BCUT2D eigenvalue weighted by Crippen LogP contribution is -2.29. The van der Waals surface area contributed by atoms with Crippen molar-refractivity contribution in [2.24, 2.45) is 0 Å². The Balaban J connectivity index is 1.41. The molecular formula is C28H26N2O6S. The number of rotatable bonds is 11. The fourth-order valence-corrected chi connectivity index (χ4v) is 4.67. The van der Waals surface area contributed by atoms with Gasteiger partial charge in [0.1, 0.15) is 6.61 Å². The predicted octanol–water partition coefficient (Wildman–Crippen LogP) is 6.24. The van der Waals surface area contributed by atoms with E-state index in [0.29, 0.717) is 41.5 Å². The van der Waals surface area contributed by atoms with Gasteiger partial charge < -0.3 is 9.47 Å². The third-order valence-corrected chi connectivity index (χ3v) is 6.58. The molecular weight excluding hydrogens is 492 g/mol. The molecule has 3 aromatic rings. The van der Waals surface area contributed by atoms with Crippen LogP contribution in [0, 0.1) is 10.1 Å². The Morgan fingerprint density at radius 1 is 0.946 bits per heavy atom. The first kappa shape index (κ1) is 26.0. The van der Waals surface area contributed by atoms with Crippen molar-refractivity contribution in [3.8, 4) is 11.5 Å². The summed E-state index contributed by atoms with van der Waals surface area (Å²) in [4.78, 5) is 37.4. The predicted molar refractivity (Wildman–Crippen MR) is 142 cm³/mol. The summed E-state index contributed by atoms with van der Waals surface area (Å²) >= 11 is 0.935.